The largest absolute Gasteiger partial charge is 0.469 e. The Morgan fingerprint density at radius 1 is 1.28 bits per heavy atom. The molecule has 138 valence electrons. The number of benzene rings is 1. The van der Waals surface area contributed by atoms with Gasteiger partial charge in [-0.05, 0) is 68.1 Å². The molecule has 1 saturated carbocycles. The molecule has 4 heteroatoms. The SMILES string of the molecule is COC(=O)[C@]1(C)CCC[C@]2(C)c3ccc(C(C)(C)O)cc3C(O)C[C@H]12. The molecule has 0 saturated heterocycles. The van der Waals surface area contributed by atoms with Crippen LogP contribution < -0.4 is 0 Å². The molecule has 4 nitrogen and oxygen atoms in total. The van der Waals surface area contributed by atoms with Crippen LogP contribution in [-0.4, -0.2) is 23.3 Å². The summed E-state index contributed by atoms with van der Waals surface area (Å²) in [6, 6.07) is 5.93. The summed E-state index contributed by atoms with van der Waals surface area (Å²) >= 11 is 0. The molecular weight excluding hydrogens is 316 g/mol. The number of rotatable bonds is 2. The van der Waals surface area contributed by atoms with Crippen LogP contribution in [0.1, 0.15) is 76.2 Å². The van der Waals surface area contributed by atoms with E-state index in [4.69, 9.17) is 4.74 Å². The zero-order valence-electron chi connectivity index (χ0n) is 15.9. The predicted octanol–water partition coefficient (Wildman–Crippen LogP) is 3.59. The van der Waals surface area contributed by atoms with Crippen molar-refractivity contribution < 1.29 is 19.7 Å². The fraction of sp³-hybridized carbons (Fsp3) is 0.667. The maximum absolute atomic E-state index is 12.6. The first kappa shape index (κ1) is 18.4. The molecule has 0 aliphatic heterocycles. The molecule has 2 aliphatic carbocycles. The van der Waals surface area contributed by atoms with Crippen molar-refractivity contribution in [2.75, 3.05) is 7.11 Å². The van der Waals surface area contributed by atoms with E-state index < -0.39 is 17.1 Å². The first-order chi connectivity index (χ1) is 11.5. The quantitative estimate of drug-likeness (QED) is 0.803. The molecule has 0 spiro atoms. The molecule has 1 unspecified atom stereocenters. The second kappa shape index (κ2) is 5.82. The summed E-state index contributed by atoms with van der Waals surface area (Å²) in [6.07, 6.45) is 2.67. The van der Waals surface area contributed by atoms with Gasteiger partial charge < -0.3 is 14.9 Å². The molecule has 3 rings (SSSR count). The second-order valence-corrected chi connectivity index (χ2v) is 8.85. The molecule has 0 amide bonds. The molecule has 0 bridgehead atoms. The maximum atomic E-state index is 12.6. The lowest BCUT2D eigenvalue weighted by Gasteiger charge is -2.55. The number of aliphatic hydroxyl groups excluding tert-OH is 1. The average molecular weight is 346 g/mol. The van der Waals surface area contributed by atoms with Crippen molar-refractivity contribution in [2.24, 2.45) is 11.3 Å². The van der Waals surface area contributed by atoms with Crippen molar-refractivity contribution >= 4 is 5.97 Å². The Morgan fingerprint density at radius 3 is 2.56 bits per heavy atom. The van der Waals surface area contributed by atoms with E-state index in [0.29, 0.717) is 6.42 Å². The number of methoxy groups -OCH3 is 1. The molecule has 2 aliphatic rings. The van der Waals surface area contributed by atoms with Crippen molar-refractivity contribution in [3.05, 3.63) is 34.9 Å². The summed E-state index contributed by atoms with van der Waals surface area (Å²) in [6.45, 7) is 7.71. The number of ether oxygens (including phenoxy) is 1. The van der Waals surface area contributed by atoms with Crippen molar-refractivity contribution in [1.29, 1.82) is 0 Å². The Balaban J connectivity index is 2.13. The molecule has 0 radical (unpaired) electrons. The van der Waals surface area contributed by atoms with E-state index in [0.717, 1.165) is 36.0 Å². The van der Waals surface area contributed by atoms with Crippen molar-refractivity contribution in [3.63, 3.8) is 0 Å². The van der Waals surface area contributed by atoms with E-state index in [-0.39, 0.29) is 17.3 Å². The van der Waals surface area contributed by atoms with Gasteiger partial charge >= 0.3 is 5.97 Å². The van der Waals surface area contributed by atoms with Gasteiger partial charge in [0.05, 0.1) is 24.2 Å². The highest BCUT2D eigenvalue weighted by molar-refractivity contribution is 5.77. The fourth-order valence-corrected chi connectivity index (χ4v) is 5.28. The van der Waals surface area contributed by atoms with E-state index in [1.807, 2.05) is 25.1 Å². The van der Waals surface area contributed by atoms with Gasteiger partial charge in [-0.2, -0.15) is 0 Å². The minimum atomic E-state index is -0.945. The molecule has 4 atom stereocenters. The van der Waals surface area contributed by atoms with Gasteiger partial charge in [-0.15, -0.1) is 0 Å². The molecule has 0 aromatic heterocycles. The van der Waals surface area contributed by atoms with Gasteiger partial charge in [0.25, 0.3) is 0 Å². The highest BCUT2D eigenvalue weighted by Gasteiger charge is 2.57. The molecular formula is C21H30O4. The third kappa shape index (κ3) is 2.70. The van der Waals surface area contributed by atoms with Crippen LogP contribution in [0.25, 0.3) is 0 Å². The average Bonchev–Trinajstić information content (AvgIpc) is 2.55. The Morgan fingerprint density at radius 2 is 1.96 bits per heavy atom. The Hall–Kier alpha value is -1.39. The van der Waals surface area contributed by atoms with Crippen LogP contribution in [0, 0.1) is 11.3 Å². The summed E-state index contributed by atoms with van der Waals surface area (Å²) in [5.74, 6) is -0.135. The van der Waals surface area contributed by atoms with Gasteiger partial charge in [0.1, 0.15) is 0 Å². The smallest absolute Gasteiger partial charge is 0.311 e. The number of hydrogen-bond acceptors (Lipinski definition) is 4. The minimum absolute atomic E-state index is 0.0386. The topological polar surface area (TPSA) is 66.8 Å². The number of carbonyl (C=O) groups is 1. The number of fused-ring (bicyclic) bond motifs is 3. The van der Waals surface area contributed by atoms with Crippen molar-refractivity contribution in [1.82, 2.24) is 0 Å². The van der Waals surface area contributed by atoms with Crippen LogP contribution in [0.5, 0.6) is 0 Å². The van der Waals surface area contributed by atoms with Crippen molar-refractivity contribution in [2.45, 2.75) is 70.5 Å². The van der Waals surface area contributed by atoms with E-state index in [1.165, 1.54) is 7.11 Å². The van der Waals surface area contributed by atoms with Gasteiger partial charge in [-0.25, -0.2) is 0 Å². The van der Waals surface area contributed by atoms with E-state index in [2.05, 4.69) is 6.92 Å². The molecule has 1 aromatic rings. The lowest BCUT2D eigenvalue weighted by atomic mass is 9.49. The number of aliphatic hydroxyl groups is 2. The van der Waals surface area contributed by atoms with Crippen LogP contribution in [0.2, 0.25) is 0 Å². The zero-order chi connectivity index (χ0) is 18.6. The van der Waals surface area contributed by atoms with Crippen LogP contribution in [0.4, 0.5) is 0 Å². The summed E-state index contributed by atoms with van der Waals surface area (Å²) < 4.78 is 5.12. The zero-order valence-corrected chi connectivity index (χ0v) is 15.9. The van der Waals surface area contributed by atoms with Crippen LogP contribution in [0.3, 0.4) is 0 Å². The molecule has 1 aromatic carbocycles. The summed E-state index contributed by atoms with van der Waals surface area (Å²) in [5, 5.41) is 21.2. The first-order valence-corrected chi connectivity index (χ1v) is 9.18. The lowest BCUT2D eigenvalue weighted by Crippen LogP contribution is -2.53. The molecule has 25 heavy (non-hydrogen) atoms. The van der Waals surface area contributed by atoms with E-state index >= 15 is 0 Å². The maximum Gasteiger partial charge on any atom is 0.311 e. The minimum Gasteiger partial charge on any atom is -0.469 e. The standard InChI is InChI=1S/C21H30O4/c1-19(2,24)13-7-8-15-14(11-13)16(22)12-17-20(15,3)9-6-10-21(17,4)18(23)25-5/h7-8,11,16-17,22,24H,6,9-10,12H2,1-5H3/t16?,17-,20+,21+/m0/s1. The number of carbonyl (C=O) groups excluding carboxylic acids is 1. The summed E-state index contributed by atoms with van der Waals surface area (Å²) in [4.78, 5) is 12.6. The van der Waals surface area contributed by atoms with Crippen LogP contribution in [0.15, 0.2) is 18.2 Å². The molecule has 2 N–H and O–H groups in total. The Kier molecular flexibility index (Phi) is 4.28. The first-order valence-electron chi connectivity index (χ1n) is 9.18. The highest BCUT2D eigenvalue weighted by atomic mass is 16.5. The molecule has 0 heterocycles. The van der Waals surface area contributed by atoms with Crippen LogP contribution in [-0.2, 0) is 20.5 Å². The third-order valence-electron chi connectivity index (χ3n) is 6.77. The second-order valence-electron chi connectivity index (χ2n) is 8.85. The fourth-order valence-electron chi connectivity index (χ4n) is 5.28. The monoisotopic (exact) mass is 346 g/mol. The van der Waals surface area contributed by atoms with Crippen LogP contribution >= 0.6 is 0 Å². The van der Waals surface area contributed by atoms with E-state index in [9.17, 15) is 15.0 Å². The molecule has 1 fully saturated rings. The van der Waals surface area contributed by atoms with E-state index in [1.54, 1.807) is 13.8 Å². The third-order valence-corrected chi connectivity index (χ3v) is 6.77. The normalized spacial score (nSPS) is 34.8. The lowest BCUT2D eigenvalue weighted by molar-refractivity contribution is -0.162. The van der Waals surface area contributed by atoms with Crippen molar-refractivity contribution in [3.8, 4) is 0 Å². The number of hydrogen-bond donors (Lipinski definition) is 2. The predicted molar refractivity (Wildman–Crippen MR) is 96.1 cm³/mol. The summed E-state index contributed by atoms with van der Waals surface area (Å²) in [7, 11) is 1.45. The van der Waals surface area contributed by atoms with Gasteiger partial charge in [0.15, 0.2) is 0 Å². The van der Waals surface area contributed by atoms with Gasteiger partial charge in [0, 0.05) is 0 Å². The summed E-state index contributed by atoms with van der Waals surface area (Å²) in [5.41, 5.74) is 1.12. The van der Waals surface area contributed by atoms with Gasteiger partial charge in [-0.1, -0.05) is 31.5 Å². The highest BCUT2D eigenvalue weighted by Crippen LogP contribution is 2.59. The Bertz CT molecular complexity index is 690. The van der Waals surface area contributed by atoms with Gasteiger partial charge in [0.2, 0.25) is 0 Å². The number of esters is 1. The van der Waals surface area contributed by atoms with Gasteiger partial charge in [-0.3, -0.25) is 4.79 Å². The Labute approximate surface area is 150 Å².